The van der Waals surface area contributed by atoms with Crippen LogP contribution < -0.4 is 15.4 Å². The number of esters is 1. The summed E-state index contributed by atoms with van der Waals surface area (Å²) >= 11 is 1.35. The number of nitrogens with one attached hydrogen (secondary N) is 2. The Balaban J connectivity index is 1.61. The molecule has 0 aliphatic heterocycles. The molecule has 2 aromatic carbocycles. The summed E-state index contributed by atoms with van der Waals surface area (Å²) in [6.45, 7) is 8.09. The van der Waals surface area contributed by atoms with Crippen molar-refractivity contribution < 1.29 is 23.8 Å². The lowest BCUT2D eigenvalue weighted by atomic mass is 10.1. The van der Waals surface area contributed by atoms with Crippen molar-refractivity contribution in [3.8, 4) is 5.88 Å². The number of carbonyl (C=O) groups excluding carboxylic acids is 2. The summed E-state index contributed by atoms with van der Waals surface area (Å²) in [4.78, 5) is 29.9. The number of thiophene rings is 1. The molecule has 1 atom stereocenters. The number of pyridine rings is 1. The molecule has 9 heteroatoms. The molecule has 0 aliphatic rings. The number of ether oxygens (including phenoxy) is 3. The number of fused-ring (bicyclic) bond motifs is 3. The first-order valence-corrected chi connectivity index (χ1v) is 12.8. The number of carbonyl (C=O) groups is 2. The smallest absolute Gasteiger partial charge is 0.407 e. The molecule has 194 valence electrons. The highest BCUT2D eigenvalue weighted by Gasteiger charge is 2.23. The molecule has 0 saturated heterocycles. The van der Waals surface area contributed by atoms with Crippen LogP contribution in [0.3, 0.4) is 0 Å². The van der Waals surface area contributed by atoms with Crippen LogP contribution in [-0.2, 0) is 16.1 Å². The van der Waals surface area contributed by atoms with E-state index in [-0.39, 0.29) is 6.04 Å². The molecule has 0 unspecified atom stereocenters. The number of amides is 1. The maximum absolute atomic E-state index is 12.6. The highest BCUT2D eigenvalue weighted by atomic mass is 32.1. The van der Waals surface area contributed by atoms with E-state index in [9.17, 15) is 9.59 Å². The van der Waals surface area contributed by atoms with Gasteiger partial charge >= 0.3 is 12.1 Å². The van der Waals surface area contributed by atoms with E-state index in [1.165, 1.54) is 18.4 Å². The van der Waals surface area contributed by atoms with Gasteiger partial charge in [0.15, 0.2) is 0 Å². The standard InChI is InChI=1S/C28H31N3O5S/c1-17(30-27(33)36-28(2,3)4)15-29-24-23-19-11-14-22(35-16-18-9-7-6-8-10-18)31-20(19)12-13-21(23)37-25(24)26(32)34-5/h6-14,17,29H,15-16H2,1-5H3,(H,30,33)/t17-/m1/s1. The van der Waals surface area contributed by atoms with Crippen molar-refractivity contribution in [1.29, 1.82) is 0 Å². The lowest BCUT2D eigenvalue weighted by molar-refractivity contribution is 0.0509. The van der Waals surface area contributed by atoms with Crippen molar-refractivity contribution in [2.24, 2.45) is 0 Å². The zero-order chi connectivity index (χ0) is 26.6. The van der Waals surface area contributed by atoms with E-state index in [2.05, 4.69) is 15.6 Å². The Morgan fingerprint density at radius 2 is 1.81 bits per heavy atom. The molecule has 2 N–H and O–H groups in total. The first-order valence-electron chi connectivity index (χ1n) is 12.0. The van der Waals surface area contributed by atoms with Gasteiger partial charge in [-0.1, -0.05) is 30.3 Å². The van der Waals surface area contributed by atoms with E-state index in [1.54, 1.807) is 0 Å². The van der Waals surface area contributed by atoms with Crippen LogP contribution in [0, 0.1) is 0 Å². The van der Waals surface area contributed by atoms with Crippen LogP contribution in [0.2, 0.25) is 0 Å². The van der Waals surface area contributed by atoms with Crippen molar-refractivity contribution in [3.63, 3.8) is 0 Å². The lowest BCUT2D eigenvalue weighted by Gasteiger charge is -2.22. The molecule has 0 aliphatic carbocycles. The Labute approximate surface area is 219 Å². The van der Waals surface area contributed by atoms with Crippen LogP contribution in [0.5, 0.6) is 5.88 Å². The lowest BCUT2D eigenvalue weighted by Crippen LogP contribution is -2.40. The maximum atomic E-state index is 12.6. The molecule has 0 fully saturated rings. The third-order valence-corrected chi connectivity index (χ3v) is 6.58. The number of methoxy groups -OCH3 is 1. The molecule has 0 bridgehead atoms. The quantitative estimate of drug-likeness (QED) is 0.269. The minimum Gasteiger partial charge on any atom is -0.473 e. The van der Waals surface area contributed by atoms with Crippen molar-refractivity contribution >= 4 is 50.1 Å². The number of benzene rings is 2. The minimum absolute atomic E-state index is 0.263. The van der Waals surface area contributed by atoms with E-state index >= 15 is 0 Å². The van der Waals surface area contributed by atoms with Gasteiger partial charge in [0.25, 0.3) is 0 Å². The summed E-state index contributed by atoms with van der Waals surface area (Å²) in [7, 11) is 1.36. The second-order valence-corrected chi connectivity index (χ2v) is 10.7. The van der Waals surface area contributed by atoms with Crippen LogP contribution in [0.25, 0.3) is 21.0 Å². The fourth-order valence-electron chi connectivity index (χ4n) is 3.81. The summed E-state index contributed by atoms with van der Waals surface area (Å²) in [5.74, 6) is 0.0872. The summed E-state index contributed by atoms with van der Waals surface area (Å²) in [5.41, 5.74) is 1.86. The average Bonchev–Trinajstić information content (AvgIpc) is 3.24. The monoisotopic (exact) mass is 521 g/mol. The predicted octanol–water partition coefficient (Wildman–Crippen LogP) is 6.14. The topological polar surface area (TPSA) is 98.8 Å². The Morgan fingerprint density at radius 3 is 2.51 bits per heavy atom. The Morgan fingerprint density at radius 1 is 1.05 bits per heavy atom. The van der Waals surface area contributed by atoms with Gasteiger partial charge in [0.2, 0.25) is 5.88 Å². The highest BCUT2D eigenvalue weighted by Crippen LogP contribution is 2.40. The zero-order valence-electron chi connectivity index (χ0n) is 21.6. The van der Waals surface area contributed by atoms with Gasteiger partial charge in [0.1, 0.15) is 17.1 Å². The third kappa shape index (κ3) is 6.48. The number of anilines is 1. The first kappa shape index (κ1) is 26.2. The van der Waals surface area contributed by atoms with Gasteiger partial charge in [-0.2, -0.15) is 0 Å². The van der Waals surface area contributed by atoms with Gasteiger partial charge in [-0.3, -0.25) is 0 Å². The number of rotatable bonds is 8. The fraction of sp³-hybridized carbons (Fsp3) is 0.321. The Hall–Kier alpha value is -3.85. The van der Waals surface area contributed by atoms with E-state index in [0.29, 0.717) is 29.6 Å². The summed E-state index contributed by atoms with van der Waals surface area (Å²) in [5, 5.41) is 7.92. The third-order valence-electron chi connectivity index (χ3n) is 5.45. The fourth-order valence-corrected chi connectivity index (χ4v) is 4.93. The highest BCUT2D eigenvalue weighted by molar-refractivity contribution is 7.21. The van der Waals surface area contributed by atoms with Crippen LogP contribution in [-0.4, -0.2) is 42.3 Å². The summed E-state index contributed by atoms with van der Waals surface area (Å²) in [6, 6.07) is 17.3. The van der Waals surface area contributed by atoms with Crippen LogP contribution in [0.15, 0.2) is 54.6 Å². The number of aromatic nitrogens is 1. The second-order valence-electron chi connectivity index (χ2n) is 9.66. The molecule has 0 radical (unpaired) electrons. The molecule has 4 rings (SSSR count). The van der Waals surface area contributed by atoms with Gasteiger partial charge in [0.05, 0.1) is 18.3 Å². The van der Waals surface area contributed by atoms with E-state index in [4.69, 9.17) is 14.2 Å². The number of alkyl carbamates (subject to hydrolysis) is 1. The molecule has 0 saturated carbocycles. The van der Waals surface area contributed by atoms with Crippen molar-refractivity contribution in [2.45, 2.75) is 45.9 Å². The molecule has 2 aromatic heterocycles. The van der Waals surface area contributed by atoms with Crippen molar-refractivity contribution in [2.75, 3.05) is 19.0 Å². The molecule has 4 aromatic rings. The van der Waals surface area contributed by atoms with Crippen LogP contribution in [0.4, 0.5) is 10.5 Å². The molecule has 2 heterocycles. The van der Waals surface area contributed by atoms with Crippen molar-refractivity contribution in [3.05, 3.63) is 65.0 Å². The minimum atomic E-state index is -0.589. The molecule has 8 nitrogen and oxygen atoms in total. The number of hydrogen-bond acceptors (Lipinski definition) is 8. The Kier molecular flexibility index (Phi) is 7.83. The molecule has 37 heavy (non-hydrogen) atoms. The summed E-state index contributed by atoms with van der Waals surface area (Å²) < 4.78 is 17.2. The maximum Gasteiger partial charge on any atom is 0.407 e. The largest absolute Gasteiger partial charge is 0.473 e. The zero-order valence-corrected chi connectivity index (χ0v) is 22.4. The van der Waals surface area contributed by atoms with Crippen LogP contribution in [0.1, 0.15) is 42.9 Å². The predicted molar refractivity (Wildman–Crippen MR) is 147 cm³/mol. The van der Waals surface area contributed by atoms with Crippen molar-refractivity contribution in [1.82, 2.24) is 10.3 Å². The van der Waals surface area contributed by atoms with Gasteiger partial charge in [-0.15, -0.1) is 11.3 Å². The van der Waals surface area contributed by atoms with Crippen LogP contribution >= 0.6 is 11.3 Å². The molecular formula is C28H31N3O5S. The second kappa shape index (κ2) is 11.0. The average molecular weight is 522 g/mol. The van der Waals surface area contributed by atoms with E-state index in [1.807, 2.05) is 82.3 Å². The first-order chi connectivity index (χ1) is 17.6. The normalized spacial score (nSPS) is 12.2. The van der Waals surface area contributed by atoms with Gasteiger partial charge in [-0.05, 0) is 51.5 Å². The van der Waals surface area contributed by atoms with E-state index < -0.39 is 17.7 Å². The molecular weight excluding hydrogens is 490 g/mol. The van der Waals surface area contributed by atoms with E-state index in [0.717, 1.165) is 26.6 Å². The van der Waals surface area contributed by atoms with Gasteiger partial charge < -0.3 is 24.8 Å². The molecule has 0 spiro atoms. The number of hydrogen-bond donors (Lipinski definition) is 2. The SMILES string of the molecule is COC(=O)c1sc2ccc3nc(OCc4ccccc4)ccc3c2c1NC[C@@H](C)NC(=O)OC(C)(C)C. The number of nitrogens with zero attached hydrogens (tertiary/aromatic N) is 1. The summed E-state index contributed by atoms with van der Waals surface area (Å²) in [6.07, 6.45) is -0.497. The molecule has 1 amide bonds. The van der Waals surface area contributed by atoms with Gasteiger partial charge in [-0.25, -0.2) is 14.6 Å². The van der Waals surface area contributed by atoms with Gasteiger partial charge in [0, 0.05) is 34.1 Å². The Bertz CT molecular complexity index is 1410.